The van der Waals surface area contributed by atoms with Crippen molar-refractivity contribution in [3.8, 4) is 0 Å². The Kier molecular flexibility index (Phi) is 2.86. The molecule has 0 bridgehead atoms. The van der Waals surface area contributed by atoms with E-state index in [0.29, 0.717) is 5.56 Å². The molecule has 0 aromatic heterocycles. The summed E-state index contributed by atoms with van der Waals surface area (Å²) < 4.78 is 17.9. The number of benzene rings is 1. The second kappa shape index (κ2) is 3.75. The molecule has 0 heterocycles. The van der Waals surface area contributed by atoms with E-state index in [1.165, 1.54) is 32.2 Å². The van der Waals surface area contributed by atoms with Crippen LogP contribution in [0.15, 0.2) is 24.3 Å². The van der Waals surface area contributed by atoms with Crippen LogP contribution in [-0.4, -0.2) is 13.0 Å². The first kappa shape index (κ1) is 10.7. The minimum Gasteiger partial charge on any atom is -0.367 e. The molecule has 1 aromatic carbocycles. The molecule has 0 saturated heterocycles. The molecule has 76 valence electrons. The van der Waals surface area contributed by atoms with Gasteiger partial charge >= 0.3 is 0 Å². The predicted octanol–water partition coefficient (Wildman–Crippen LogP) is 1.17. The van der Waals surface area contributed by atoms with Crippen molar-refractivity contribution < 1.29 is 13.9 Å². The molecule has 0 aliphatic rings. The zero-order valence-electron chi connectivity index (χ0n) is 8.08. The molecule has 1 aromatic rings. The molecular formula is C10H12FNO2. The van der Waals surface area contributed by atoms with Crippen LogP contribution < -0.4 is 5.73 Å². The van der Waals surface area contributed by atoms with E-state index in [0.717, 1.165) is 0 Å². The fourth-order valence-electron chi connectivity index (χ4n) is 1.15. The van der Waals surface area contributed by atoms with E-state index in [1.54, 1.807) is 6.07 Å². The maximum atomic E-state index is 12.9. The highest BCUT2D eigenvalue weighted by Gasteiger charge is 2.33. The Balaban J connectivity index is 3.19. The van der Waals surface area contributed by atoms with Gasteiger partial charge in [0.25, 0.3) is 5.91 Å². The molecule has 3 nitrogen and oxygen atoms in total. The molecule has 0 fully saturated rings. The highest BCUT2D eigenvalue weighted by atomic mass is 19.1. The van der Waals surface area contributed by atoms with Crippen molar-refractivity contribution in [3.63, 3.8) is 0 Å². The Morgan fingerprint density at radius 2 is 2.21 bits per heavy atom. The van der Waals surface area contributed by atoms with Gasteiger partial charge in [0.2, 0.25) is 0 Å². The van der Waals surface area contributed by atoms with Crippen molar-refractivity contribution in [2.75, 3.05) is 7.11 Å². The van der Waals surface area contributed by atoms with Crippen molar-refractivity contribution in [2.45, 2.75) is 12.5 Å². The number of primary amides is 1. The summed E-state index contributed by atoms with van der Waals surface area (Å²) in [5.74, 6) is -1.07. The molecule has 1 rings (SSSR count). The first-order valence-electron chi connectivity index (χ1n) is 4.12. The normalized spacial score (nSPS) is 14.8. The summed E-state index contributed by atoms with van der Waals surface area (Å²) >= 11 is 0. The second-order valence-electron chi connectivity index (χ2n) is 3.11. The molecule has 0 aliphatic carbocycles. The van der Waals surface area contributed by atoms with E-state index >= 15 is 0 Å². The summed E-state index contributed by atoms with van der Waals surface area (Å²) in [4.78, 5) is 11.1. The van der Waals surface area contributed by atoms with Crippen molar-refractivity contribution >= 4 is 5.91 Å². The molecule has 0 radical (unpaired) electrons. The fraction of sp³-hybridized carbons (Fsp3) is 0.300. The zero-order valence-corrected chi connectivity index (χ0v) is 8.08. The van der Waals surface area contributed by atoms with Gasteiger partial charge in [0.1, 0.15) is 5.82 Å². The SMILES string of the molecule is COC(C)(C(N)=O)c1cccc(F)c1. The van der Waals surface area contributed by atoms with Gasteiger partial charge in [-0.2, -0.15) is 0 Å². The largest absolute Gasteiger partial charge is 0.367 e. The molecule has 0 aliphatic heterocycles. The molecule has 2 N–H and O–H groups in total. The molecule has 4 heteroatoms. The molecular weight excluding hydrogens is 185 g/mol. The van der Waals surface area contributed by atoms with Gasteiger partial charge < -0.3 is 10.5 Å². The van der Waals surface area contributed by atoms with Crippen molar-refractivity contribution in [3.05, 3.63) is 35.6 Å². The minimum absolute atomic E-state index is 0.410. The number of ether oxygens (including phenoxy) is 1. The lowest BCUT2D eigenvalue weighted by Gasteiger charge is -2.24. The Morgan fingerprint density at radius 1 is 1.57 bits per heavy atom. The lowest BCUT2D eigenvalue weighted by Crippen LogP contribution is -2.40. The Hall–Kier alpha value is -1.42. The smallest absolute Gasteiger partial charge is 0.254 e. The number of halogens is 1. The number of hydrogen-bond acceptors (Lipinski definition) is 2. The fourth-order valence-corrected chi connectivity index (χ4v) is 1.15. The topological polar surface area (TPSA) is 52.3 Å². The maximum Gasteiger partial charge on any atom is 0.254 e. The van der Waals surface area contributed by atoms with Crippen LogP contribution in [-0.2, 0) is 15.1 Å². The van der Waals surface area contributed by atoms with E-state index in [4.69, 9.17) is 10.5 Å². The van der Waals surface area contributed by atoms with Gasteiger partial charge in [0, 0.05) is 7.11 Å². The highest BCUT2D eigenvalue weighted by molar-refractivity contribution is 5.84. The maximum absolute atomic E-state index is 12.9. The van der Waals surface area contributed by atoms with Crippen molar-refractivity contribution in [1.29, 1.82) is 0 Å². The van der Waals surface area contributed by atoms with Crippen LogP contribution in [0.2, 0.25) is 0 Å². The molecule has 1 unspecified atom stereocenters. The lowest BCUT2D eigenvalue weighted by atomic mass is 9.95. The van der Waals surface area contributed by atoms with Crippen LogP contribution in [0.3, 0.4) is 0 Å². The van der Waals surface area contributed by atoms with Gasteiger partial charge in [-0.1, -0.05) is 12.1 Å². The van der Waals surface area contributed by atoms with E-state index in [-0.39, 0.29) is 0 Å². The first-order valence-corrected chi connectivity index (χ1v) is 4.12. The molecule has 1 atom stereocenters. The third kappa shape index (κ3) is 1.75. The third-order valence-electron chi connectivity index (χ3n) is 2.25. The van der Waals surface area contributed by atoms with Crippen LogP contribution in [0.25, 0.3) is 0 Å². The minimum atomic E-state index is -1.28. The second-order valence-corrected chi connectivity index (χ2v) is 3.11. The number of hydrogen-bond donors (Lipinski definition) is 1. The van der Waals surface area contributed by atoms with Crippen LogP contribution in [0.4, 0.5) is 4.39 Å². The van der Waals surface area contributed by atoms with E-state index in [1.807, 2.05) is 0 Å². The van der Waals surface area contributed by atoms with Gasteiger partial charge in [-0.3, -0.25) is 4.79 Å². The summed E-state index contributed by atoms with van der Waals surface area (Å²) in [5, 5.41) is 0. The van der Waals surface area contributed by atoms with Gasteiger partial charge in [0.15, 0.2) is 5.60 Å². The van der Waals surface area contributed by atoms with Crippen LogP contribution in [0.1, 0.15) is 12.5 Å². The van der Waals surface area contributed by atoms with Crippen LogP contribution >= 0.6 is 0 Å². The number of nitrogens with two attached hydrogens (primary N) is 1. The van der Waals surface area contributed by atoms with Crippen LogP contribution in [0, 0.1) is 5.82 Å². The number of carbonyl (C=O) groups excluding carboxylic acids is 1. The standard InChI is InChI=1S/C10H12FNO2/c1-10(14-2,9(12)13)7-4-3-5-8(11)6-7/h3-6H,1-2H3,(H2,12,13). The van der Waals surface area contributed by atoms with E-state index in [2.05, 4.69) is 0 Å². The molecule has 1 amide bonds. The van der Waals surface area contributed by atoms with Crippen molar-refractivity contribution in [1.82, 2.24) is 0 Å². The molecule has 14 heavy (non-hydrogen) atoms. The average Bonchev–Trinajstić information content (AvgIpc) is 2.16. The summed E-state index contributed by atoms with van der Waals surface area (Å²) in [5.41, 5.74) is 4.31. The number of rotatable bonds is 3. The number of carbonyl (C=O) groups is 1. The Labute approximate surface area is 81.7 Å². The van der Waals surface area contributed by atoms with Gasteiger partial charge in [-0.25, -0.2) is 4.39 Å². The highest BCUT2D eigenvalue weighted by Crippen LogP contribution is 2.24. The van der Waals surface area contributed by atoms with Gasteiger partial charge in [-0.05, 0) is 24.6 Å². The zero-order chi connectivity index (χ0) is 10.8. The predicted molar refractivity (Wildman–Crippen MR) is 50.0 cm³/mol. The monoisotopic (exact) mass is 197 g/mol. The molecule has 0 spiro atoms. The number of methoxy groups -OCH3 is 1. The first-order chi connectivity index (χ1) is 6.50. The Morgan fingerprint density at radius 3 is 2.64 bits per heavy atom. The third-order valence-corrected chi connectivity index (χ3v) is 2.25. The molecule has 0 saturated carbocycles. The van der Waals surface area contributed by atoms with Crippen molar-refractivity contribution in [2.24, 2.45) is 5.73 Å². The summed E-state index contributed by atoms with van der Waals surface area (Å²) in [6.45, 7) is 1.50. The van der Waals surface area contributed by atoms with Gasteiger partial charge in [0.05, 0.1) is 0 Å². The summed E-state index contributed by atoms with van der Waals surface area (Å²) in [7, 11) is 1.36. The van der Waals surface area contributed by atoms with Gasteiger partial charge in [-0.15, -0.1) is 0 Å². The summed E-state index contributed by atoms with van der Waals surface area (Å²) in [6, 6.07) is 5.62. The van der Waals surface area contributed by atoms with E-state index < -0.39 is 17.3 Å². The Bertz CT molecular complexity index is 354. The van der Waals surface area contributed by atoms with Crippen LogP contribution in [0.5, 0.6) is 0 Å². The average molecular weight is 197 g/mol. The number of amides is 1. The quantitative estimate of drug-likeness (QED) is 0.790. The lowest BCUT2D eigenvalue weighted by molar-refractivity contribution is -0.139. The van der Waals surface area contributed by atoms with E-state index in [9.17, 15) is 9.18 Å². The summed E-state index contributed by atoms with van der Waals surface area (Å²) in [6.07, 6.45) is 0.